The molecule has 96 valence electrons. The van der Waals surface area contributed by atoms with Crippen molar-refractivity contribution in [3.63, 3.8) is 0 Å². The molecule has 2 nitrogen and oxygen atoms in total. The average molecular weight is 266 g/mol. The Kier molecular flexibility index (Phi) is 5.92. The van der Waals surface area contributed by atoms with Crippen LogP contribution in [0.2, 0.25) is 0 Å². The molecule has 0 aromatic heterocycles. The summed E-state index contributed by atoms with van der Waals surface area (Å²) >= 11 is 2.10. The molecule has 2 heterocycles. The van der Waals surface area contributed by atoms with Gasteiger partial charge in [0.1, 0.15) is 5.72 Å². The van der Waals surface area contributed by atoms with Crippen molar-refractivity contribution in [2.75, 3.05) is 24.7 Å². The molecular weight excluding hydrogens is 242 g/mol. The van der Waals surface area contributed by atoms with Crippen LogP contribution in [-0.4, -0.2) is 30.4 Å². The lowest BCUT2D eigenvalue weighted by molar-refractivity contribution is -0.113. The standard InChI is InChI=1S/C12H23NOS.ClH/c1-10-8-13-12(2,14-9-10)7-11-3-5-15-6-4-11;/h10-11,13H,3-9H2,1-2H3;1H. The minimum atomic E-state index is -0.0425. The minimum Gasteiger partial charge on any atom is -0.361 e. The molecule has 0 radical (unpaired) electrons. The molecule has 0 saturated carbocycles. The Morgan fingerprint density at radius 3 is 2.62 bits per heavy atom. The molecule has 2 rings (SSSR count). The maximum absolute atomic E-state index is 5.96. The summed E-state index contributed by atoms with van der Waals surface area (Å²) in [4.78, 5) is 0. The Hall–Kier alpha value is 0.560. The van der Waals surface area contributed by atoms with E-state index in [1.54, 1.807) is 0 Å². The fourth-order valence-electron chi connectivity index (χ4n) is 2.46. The van der Waals surface area contributed by atoms with E-state index in [0.29, 0.717) is 5.92 Å². The zero-order chi connectivity index (χ0) is 10.7. The maximum atomic E-state index is 5.96. The molecule has 2 saturated heterocycles. The van der Waals surface area contributed by atoms with Crippen LogP contribution >= 0.6 is 24.2 Å². The lowest BCUT2D eigenvalue weighted by Gasteiger charge is -2.40. The molecule has 0 aromatic rings. The SMILES string of the molecule is CC1CNC(C)(CC2CCSCC2)OC1.Cl. The molecule has 2 atom stereocenters. The summed E-state index contributed by atoms with van der Waals surface area (Å²) in [5.74, 6) is 4.23. The molecule has 1 N–H and O–H groups in total. The number of nitrogens with one attached hydrogen (secondary N) is 1. The predicted molar refractivity (Wildman–Crippen MR) is 73.4 cm³/mol. The van der Waals surface area contributed by atoms with Gasteiger partial charge in [-0.2, -0.15) is 11.8 Å². The lowest BCUT2D eigenvalue weighted by Crippen LogP contribution is -2.53. The van der Waals surface area contributed by atoms with Gasteiger partial charge in [0.25, 0.3) is 0 Å². The van der Waals surface area contributed by atoms with Crippen molar-refractivity contribution < 1.29 is 4.74 Å². The van der Waals surface area contributed by atoms with Crippen LogP contribution in [0.4, 0.5) is 0 Å². The van der Waals surface area contributed by atoms with E-state index in [1.807, 2.05) is 0 Å². The van der Waals surface area contributed by atoms with Gasteiger partial charge in [0.15, 0.2) is 0 Å². The molecule has 2 fully saturated rings. The Morgan fingerprint density at radius 1 is 1.38 bits per heavy atom. The second kappa shape index (κ2) is 6.48. The van der Waals surface area contributed by atoms with Crippen LogP contribution in [0.3, 0.4) is 0 Å². The summed E-state index contributed by atoms with van der Waals surface area (Å²) in [6.45, 7) is 6.49. The van der Waals surface area contributed by atoms with Gasteiger partial charge in [0, 0.05) is 6.54 Å². The van der Waals surface area contributed by atoms with Gasteiger partial charge in [-0.25, -0.2) is 0 Å². The molecule has 0 aromatic carbocycles. The third-order valence-corrected chi connectivity index (χ3v) is 4.58. The highest BCUT2D eigenvalue weighted by molar-refractivity contribution is 7.99. The minimum absolute atomic E-state index is 0. The summed E-state index contributed by atoms with van der Waals surface area (Å²) in [5.41, 5.74) is -0.0425. The molecule has 0 amide bonds. The van der Waals surface area contributed by atoms with Gasteiger partial charge < -0.3 is 4.74 Å². The first kappa shape index (κ1) is 14.6. The van der Waals surface area contributed by atoms with E-state index >= 15 is 0 Å². The van der Waals surface area contributed by atoms with E-state index in [9.17, 15) is 0 Å². The Morgan fingerprint density at radius 2 is 2.06 bits per heavy atom. The lowest BCUT2D eigenvalue weighted by atomic mass is 9.91. The van der Waals surface area contributed by atoms with Crippen molar-refractivity contribution >= 4 is 24.2 Å². The van der Waals surface area contributed by atoms with E-state index in [4.69, 9.17) is 4.74 Å². The van der Waals surface area contributed by atoms with Crippen LogP contribution in [0.5, 0.6) is 0 Å². The Bertz CT molecular complexity index is 201. The number of hydrogen-bond donors (Lipinski definition) is 1. The normalized spacial score (nSPS) is 36.8. The highest BCUT2D eigenvalue weighted by Crippen LogP contribution is 2.31. The van der Waals surface area contributed by atoms with Crippen molar-refractivity contribution in [1.29, 1.82) is 0 Å². The van der Waals surface area contributed by atoms with Crippen molar-refractivity contribution in [3.8, 4) is 0 Å². The second-order valence-electron chi connectivity index (χ2n) is 5.29. The number of thioether (sulfide) groups is 1. The van der Waals surface area contributed by atoms with Crippen LogP contribution in [0.1, 0.15) is 33.1 Å². The zero-order valence-corrected chi connectivity index (χ0v) is 12.0. The number of hydrogen-bond acceptors (Lipinski definition) is 3. The van der Waals surface area contributed by atoms with Gasteiger partial charge in [-0.15, -0.1) is 12.4 Å². The van der Waals surface area contributed by atoms with Crippen LogP contribution in [-0.2, 0) is 4.74 Å². The molecule has 4 heteroatoms. The third-order valence-electron chi connectivity index (χ3n) is 3.53. The quantitative estimate of drug-likeness (QED) is 0.830. The zero-order valence-electron chi connectivity index (χ0n) is 10.3. The van der Waals surface area contributed by atoms with Gasteiger partial charge in [0.2, 0.25) is 0 Å². The molecular formula is C12H24ClNOS. The predicted octanol–water partition coefficient (Wildman–Crippen LogP) is 2.91. The van der Waals surface area contributed by atoms with Gasteiger partial charge >= 0.3 is 0 Å². The summed E-state index contributed by atoms with van der Waals surface area (Å²) < 4.78 is 5.96. The topological polar surface area (TPSA) is 21.3 Å². The molecule has 2 aliphatic heterocycles. The van der Waals surface area contributed by atoms with E-state index < -0.39 is 0 Å². The molecule has 0 spiro atoms. The summed E-state index contributed by atoms with van der Waals surface area (Å²) in [6.07, 6.45) is 3.95. The first-order valence-electron chi connectivity index (χ1n) is 6.15. The van der Waals surface area contributed by atoms with Gasteiger partial charge in [-0.3, -0.25) is 5.32 Å². The molecule has 16 heavy (non-hydrogen) atoms. The first-order valence-corrected chi connectivity index (χ1v) is 7.30. The smallest absolute Gasteiger partial charge is 0.116 e. The van der Waals surface area contributed by atoms with Crippen molar-refractivity contribution in [2.24, 2.45) is 11.8 Å². The first-order chi connectivity index (χ1) is 7.18. The van der Waals surface area contributed by atoms with Crippen LogP contribution in [0, 0.1) is 11.8 Å². The number of ether oxygens (including phenoxy) is 1. The van der Waals surface area contributed by atoms with Crippen LogP contribution in [0.15, 0.2) is 0 Å². The number of halogens is 1. The van der Waals surface area contributed by atoms with Crippen molar-refractivity contribution in [2.45, 2.75) is 38.8 Å². The van der Waals surface area contributed by atoms with Gasteiger partial charge in [-0.05, 0) is 49.5 Å². The monoisotopic (exact) mass is 265 g/mol. The van der Waals surface area contributed by atoms with E-state index in [2.05, 4.69) is 30.9 Å². The second-order valence-corrected chi connectivity index (χ2v) is 6.51. The fourth-order valence-corrected chi connectivity index (χ4v) is 3.66. The Balaban J connectivity index is 0.00000128. The van der Waals surface area contributed by atoms with E-state index in [0.717, 1.165) is 19.1 Å². The summed E-state index contributed by atoms with van der Waals surface area (Å²) in [5, 5.41) is 3.56. The molecule has 2 aliphatic rings. The highest BCUT2D eigenvalue weighted by Gasteiger charge is 2.32. The highest BCUT2D eigenvalue weighted by atomic mass is 35.5. The van der Waals surface area contributed by atoms with E-state index in [-0.39, 0.29) is 18.1 Å². The van der Waals surface area contributed by atoms with Crippen LogP contribution in [0.25, 0.3) is 0 Å². The van der Waals surface area contributed by atoms with Crippen molar-refractivity contribution in [1.82, 2.24) is 5.32 Å². The molecule has 2 unspecified atom stereocenters. The van der Waals surface area contributed by atoms with Gasteiger partial charge in [0.05, 0.1) is 6.61 Å². The summed E-state index contributed by atoms with van der Waals surface area (Å²) in [7, 11) is 0. The Labute approximate surface area is 110 Å². The van der Waals surface area contributed by atoms with Crippen LogP contribution < -0.4 is 5.32 Å². The molecule has 0 aliphatic carbocycles. The average Bonchev–Trinajstić information content (AvgIpc) is 2.24. The molecule has 0 bridgehead atoms. The largest absolute Gasteiger partial charge is 0.361 e. The maximum Gasteiger partial charge on any atom is 0.116 e. The third kappa shape index (κ3) is 4.10. The van der Waals surface area contributed by atoms with Crippen molar-refractivity contribution in [3.05, 3.63) is 0 Å². The number of rotatable bonds is 2. The van der Waals surface area contributed by atoms with Gasteiger partial charge in [-0.1, -0.05) is 6.92 Å². The summed E-state index contributed by atoms with van der Waals surface area (Å²) in [6, 6.07) is 0. The van der Waals surface area contributed by atoms with E-state index in [1.165, 1.54) is 30.8 Å². The fraction of sp³-hybridized carbons (Fsp3) is 1.00.